The number of sulfonamides is 1. The number of aryl methyl sites for hydroxylation is 1. The normalized spacial score (nSPS) is 17.3. The zero-order chi connectivity index (χ0) is 28.7. The van der Waals surface area contributed by atoms with Gasteiger partial charge in [0.1, 0.15) is 0 Å². The molecule has 0 bridgehead atoms. The van der Waals surface area contributed by atoms with Gasteiger partial charge in [0.15, 0.2) is 0 Å². The molecule has 1 saturated carbocycles. The molecule has 0 aromatic heterocycles. The van der Waals surface area contributed by atoms with Gasteiger partial charge in [0, 0.05) is 25.6 Å². The summed E-state index contributed by atoms with van der Waals surface area (Å²) in [5, 5.41) is 3.09. The Bertz CT molecular complexity index is 1510. The van der Waals surface area contributed by atoms with Crippen LogP contribution in [0.15, 0.2) is 114 Å². The maximum Gasteiger partial charge on any atom is 0.243 e. The minimum Gasteiger partial charge on any atom is -0.352 e. The third-order valence-electron chi connectivity index (χ3n) is 8.07. The van der Waals surface area contributed by atoms with Crippen LogP contribution in [0.1, 0.15) is 42.4 Å². The van der Waals surface area contributed by atoms with E-state index < -0.39 is 10.0 Å². The Kier molecular flexibility index (Phi) is 9.32. The predicted octanol–water partition coefficient (Wildman–Crippen LogP) is 6.98. The highest BCUT2D eigenvalue weighted by atomic mass is 32.2. The highest BCUT2D eigenvalue weighted by Gasteiger charge is 2.31. The van der Waals surface area contributed by atoms with Gasteiger partial charge in [-0.1, -0.05) is 103 Å². The molecule has 0 heterocycles. The van der Waals surface area contributed by atoms with E-state index in [-0.39, 0.29) is 17.7 Å². The number of hydrogen-bond donors (Lipinski definition) is 1. The van der Waals surface area contributed by atoms with E-state index in [0.717, 1.165) is 47.9 Å². The second-order valence-corrected chi connectivity index (χ2v) is 13.0. The lowest BCUT2D eigenvalue weighted by Crippen LogP contribution is -2.38. The van der Waals surface area contributed by atoms with Crippen LogP contribution < -0.4 is 5.32 Å². The third-order valence-corrected chi connectivity index (χ3v) is 9.89. The zero-order valence-electron chi connectivity index (χ0n) is 23.6. The van der Waals surface area contributed by atoms with Crippen LogP contribution in [-0.4, -0.2) is 25.2 Å². The van der Waals surface area contributed by atoms with E-state index in [1.54, 1.807) is 28.6 Å². The molecule has 0 spiro atoms. The smallest absolute Gasteiger partial charge is 0.243 e. The van der Waals surface area contributed by atoms with Crippen LogP contribution in [0.4, 0.5) is 0 Å². The highest BCUT2D eigenvalue weighted by Crippen LogP contribution is 2.32. The molecule has 0 radical (unpaired) electrons. The molecular weight excluding hydrogens is 528 g/mol. The van der Waals surface area contributed by atoms with Gasteiger partial charge in [0.25, 0.3) is 0 Å². The standard InChI is InChI=1S/C35H38N2O3S/c1-27-12-14-28(15-13-27)24-36-35(38)33-22-18-30(19-23-33)26-37(41(39,40)34-10-6-3-7-11-34)25-29-16-20-32(21-17-29)31-8-4-2-5-9-31/h2-17,20-21,30,33H,18-19,22-26H2,1H3,(H,36,38). The van der Waals surface area contributed by atoms with Gasteiger partial charge in [0.2, 0.25) is 15.9 Å². The van der Waals surface area contributed by atoms with E-state index in [9.17, 15) is 13.2 Å². The van der Waals surface area contributed by atoms with Gasteiger partial charge in [-0.3, -0.25) is 4.79 Å². The Hall–Kier alpha value is -3.74. The lowest BCUT2D eigenvalue weighted by molar-refractivity contribution is -0.126. The molecule has 5 rings (SSSR count). The van der Waals surface area contributed by atoms with Crippen molar-refractivity contribution in [3.8, 4) is 11.1 Å². The van der Waals surface area contributed by atoms with Crippen LogP contribution >= 0.6 is 0 Å². The van der Waals surface area contributed by atoms with Gasteiger partial charge in [-0.15, -0.1) is 0 Å². The number of hydrogen-bond acceptors (Lipinski definition) is 3. The molecule has 1 aliphatic rings. The molecule has 1 aliphatic carbocycles. The number of amides is 1. The van der Waals surface area contributed by atoms with Crippen molar-refractivity contribution >= 4 is 15.9 Å². The molecule has 0 atom stereocenters. The highest BCUT2D eigenvalue weighted by molar-refractivity contribution is 7.89. The minimum atomic E-state index is -3.68. The van der Waals surface area contributed by atoms with Crippen molar-refractivity contribution < 1.29 is 13.2 Å². The fraction of sp³-hybridized carbons (Fsp3) is 0.286. The molecule has 1 amide bonds. The first-order valence-corrected chi connectivity index (χ1v) is 15.9. The first kappa shape index (κ1) is 28.8. The molecule has 1 fully saturated rings. The van der Waals surface area contributed by atoms with Crippen LogP contribution in [0.5, 0.6) is 0 Å². The monoisotopic (exact) mass is 566 g/mol. The van der Waals surface area contributed by atoms with Crippen molar-refractivity contribution in [2.45, 2.75) is 50.6 Å². The summed E-state index contributed by atoms with van der Waals surface area (Å²) in [5.74, 6) is 0.274. The first-order valence-electron chi connectivity index (χ1n) is 14.4. The fourth-order valence-electron chi connectivity index (χ4n) is 5.56. The number of rotatable bonds is 10. The van der Waals surface area contributed by atoms with Crippen LogP contribution in [0.25, 0.3) is 11.1 Å². The summed E-state index contributed by atoms with van der Waals surface area (Å²) in [6.07, 6.45) is 3.21. The van der Waals surface area contributed by atoms with Crippen molar-refractivity contribution in [3.63, 3.8) is 0 Å². The summed E-state index contributed by atoms with van der Waals surface area (Å²) in [4.78, 5) is 13.2. The van der Waals surface area contributed by atoms with Gasteiger partial charge in [0.05, 0.1) is 4.90 Å². The summed E-state index contributed by atoms with van der Waals surface area (Å²) in [7, 11) is -3.68. The Morgan fingerprint density at radius 2 is 1.29 bits per heavy atom. The molecule has 212 valence electrons. The zero-order valence-corrected chi connectivity index (χ0v) is 24.4. The predicted molar refractivity (Wildman–Crippen MR) is 164 cm³/mol. The Morgan fingerprint density at radius 1 is 0.732 bits per heavy atom. The molecule has 1 N–H and O–H groups in total. The van der Waals surface area contributed by atoms with Crippen molar-refractivity contribution in [2.24, 2.45) is 11.8 Å². The van der Waals surface area contributed by atoms with Gasteiger partial charge in [-0.05, 0) is 72.9 Å². The number of benzene rings is 4. The van der Waals surface area contributed by atoms with Crippen LogP contribution in [0, 0.1) is 18.8 Å². The molecule has 0 saturated heterocycles. The molecule has 6 heteroatoms. The Morgan fingerprint density at radius 3 is 1.93 bits per heavy atom. The topological polar surface area (TPSA) is 66.5 Å². The lowest BCUT2D eigenvalue weighted by Gasteiger charge is -2.32. The molecule has 4 aromatic carbocycles. The number of nitrogens with zero attached hydrogens (tertiary/aromatic N) is 1. The fourth-order valence-corrected chi connectivity index (χ4v) is 7.09. The molecule has 41 heavy (non-hydrogen) atoms. The van der Waals surface area contributed by atoms with Crippen LogP contribution in [0.3, 0.4) is 0 Å². The summed E-state index contributed by atoms with van der Waals surface area (Å²) >= 11 is 0. The van der Waals surface area contributed by atoms with Gasteiger partial charge >= 0.3 is 0 Å². The molecule has 5 nitrogen and oxygen atoms in total. The lowest BCUT2D eigenvalue weighted by atomic mass is 9.81. The van der Waals surface area contributed by atoms with Crippen LogP contribution in [-0.2, 0) is 27.9 Å². The average Bonchev–Trinajstić information content (AvgIpc) is 3.02. The van der Waals surface area contributed by atoms with E-state index in [1.165, 1.54) is 5.56 Å². The number of nitrogens with one attached hydrogen (secondary N) is 1. The summed E-state index contributed by atoms with van der Waals surface area (Å²) in [6.45, 7) is 3.33. The summed E-state index contributed by atoms with van der Waals surface area (Å²) < 4.78 is 29.2. The molecule has 0 aliphatic heterocycles. The first-order chi connectivity index (χ1) is 19.9. The van der Waals surface area contributed by atoms with Crippen molar-refractivity contribution in [1.82, 2.24) is 9.62 Å². The van der Waals surface area contributed by atoms with Gasteiger partial charge in [-0.25, -0.2) is 8.42 Å². The van der Waals surface area contributed by atoms with Gasteiger partial charge in [-0.2, -0.15) is 4.31 Å². The molecule has 0 unspecified atom stereocenters. The summed E-state index contributed by atoms with van der Waals surface area (Å²) in [6, 6.07) is 35.2. The molecule has 4 aromatic rings. The van der Waals surface area contributed by atoms with E-state index in [1.807, 2.05) is 48.5 Å². The Labute approximate surface area is 244 Å². The van der Waals surface area contributed by atoms with E-state index in [4.69, 9.17) is 0 Å². The van der Waals surface area contributed by atoms with E-state index in [0.29, 0.717) is 24.5 Å². The third kappa shape index (κ3) is 7.51. The van der Waals surface area contributed by atoms with Crippen molar-refractivity contribution in [1.29, 1.82) is 0 Å². The number of carbonyl (C=O) groups is 1. The van der Waals surface area contributed by atoms with Crippen molar-refractivity contribution in [3.05, 3.63) is 126 Å². The maximum absolute atomic E-state index is 13.8. The van der Waals surface area contributed by atoms with Gasteiger partial charge < -0.3 is 5.32 Å². The minimum absolute atomic E-state index is 0.0265. The van der Waals surface area contributed by atoms with Crippen molar-refractivity contribution in [2.75, 3.05) is 6.54 Å². The van der Waals surface area contributed by atoms with E-state index >= 15 is 0 Å². The molecular formula is C35H38N2O3S. The summed E-state index contributed by atoms with van der Waals surface area (Å²) in [5.41, 5.74) is 5.48. The SMILES string of the molecule is Cc1ccc(CNC(=O)C2CCC(CN(Cc3ccc(-c4ccccc4)cc3)S(=O)(=O)c3ccccc3)CC2)cc1. The largest absolute Gasteiger partial charge is 0.352 e. The number of carbonyl (C=O) groups excluding carboxylic acids is 1. The van der Waals surface area contributed by atoms with E-state index in [2.05, 4.69) is 48.6 Å². The van der Waals surface area contributed by atoms with Crippen LogP contribution in [0.2, 0.25) is 0 Å². The quantitative estimate of drug-likeness (QED) is 0.225. The average molecular weight is 567 g/mol. The maximum atomic E-state index is 13.8. The Balaban J connectivity index is 1.23. The second-order valence-electron chi connectivity index (χ2n) is 11.1. The second kappa shape index (κ2) is 13.3.